The maximum absolute atomic E-state index is 12.3. The number of fused-ring (bicyclic) bond motifs is 3. The van der Waals surface area contributed by atoms with Gasteiger partial charge >= 0.3 is 0 Å². The van der Waals surface area contributed by atoms with Gasteiger partial charge in [0, 0.05) is 25.2 Å². The highest BCUT2D eigenvalue weighted by Gasteiger charge is 2.36. The number of methoxy groups -OCH3 is 1. The lowest BCUT2D eigenvalue weighted by molar-refractivity contribution is -0.125. The molecule has 0 bridgehead atoms. The van der Waals surface area contributed by atoms with Gasteiger partial charge in [0.25, 0.3) is 0 Å². The number of para-hydroxylation sites is 1. The first-order valence-corrected chi connectivity index (χ1v) is 8.86. The predicted molar refractivity (Wildman–Crippen MR) is 93.5 cm³/mol. The standard InChI is InChI=1S/C18H23N5O3/c1-25-16-5-3-2-4-13(16)8-19-18(24)11-22-7-6-15-17(10-22)26-12-14-9-20-21-23(14)15/h2-5,9,15,17H,6-8,10-12H2,1H3,(H,19,24)/t15-,17-/m0/s1. The van der Waals surface area contributed by atoms with Gasteiger partial charge in [0.15, 0.2) is 0 Å². The van der Waals surface area contributed by atoms with Crippen molar-refractivity contribution in [3.8, 4) is 5.75 Å². The number of hydrogen-bond acceptors (Lipinski definition) is 6. The summed E-state index contributed by atoms with van der Waals surface area (Å²) in [4.78, 5) is 14.5. The van der Waals surface area contributed by atoms with Crippen molar-refractivity contribution in [2.75, 3.05) is 26.7 Å². The quantitative estimate of drug-likeness (QED) is 0.850. The normalized spacial score (nSPS) is 22.3. The maximum atomic E-state index is 12.3. The highest BCUT2D eigenvalue weighted by atomic mass is 16.5. The molecule has 8 heteroatoms. The van der Waals surface area contributed by atoms with Gasteiger partial charge in [0.2, 0.25) is 5.91 Å². The van der Waals surface area contributed by atoms with Crippen LogP contribution in [-0.2, 0) is 22.7 Å². The highest BCUT2D eigenvalue weighted by Crippen LogP contribution is 2.30. The van der Waals surface area contributed by atoms with E-state index in [2.05, 4.69) is 20.5 Å². The third-order valence-corrected chi connectivity index (χ3v) is 5.05. The minimum Gasteiger partial charge on any atom is -0.496 e. The monoisotopic (exact) mass is 357 g/mol. The lowest BCUT2D eigenvalue weighted by Crippen LogP contribution is -2.50. The number of hydrogen-bond donors (Lipinski definition) is 1. The van der Waals surface area contributed by atoms with Crippen LogP contribution in [0.1, 0.15) is 23.7 Å². The summed E-state index contributed by atoms with van der Waals surface area (Å²) in [6.07, 6.45) is 2.72. The average Bonchev–Trinajstić information content (AvgIpc) is 3.15. The highest BCUT2D eigenvalue weighted by molar-refractivity contribution is 5.78. The summed E-state index contributed by atoms with van der Waals surface area (Å²) >= 11 is 0. The van der Waals surface area contributed by atoms with Gasteiger partial charge in [0.05, 0.1) is 44.3 Å². The van der Waals surface area contributed by atoms with Crippen LogP contribution in [-0.4, -0.2) is 58.6 Å². The second-order valence-electron chi connectivity index (χ2n) is 6.70. The van der Waals surface area contributed by atoms with Crippen LogP contribution in [0.25, 0.3) is 0 Å². The minimum atomic E-state index is 0.00612. The van der Waals surface area contributed by atoms with Crippen molar-refractivity contribution in [3.63, 3.8) is 0 Å². The number of likely N-dealkylation sites (tertiary alicyclic amines) is 1. The van der Waals surface area contributed by atoms with E-state index in [0.29, 0.717) is 19.7 Å². The molecule has 1 aromatic carbocycles. The molecule has 1 amide bonds. The number of piperidine rings is 1. The topological polar surface area (TPSA) is 81.5 Å². The fourth-order valence-corrected chi connectivity index (χ4v) is 3.70. The number of amides is 1. The molecule has 4 rings (SSSR count). The molecule has 0 spiro atoms. The third-order valence-electron chi connectivity index (χ3n) is 5.05. The second-order valence-corrected chi connectivity index (χ2v) is 6.70. The van der Waals surface area contributed by atoms with Crippen LogP contribution >= 0.6 is 0 Å². The van der Waals surface area contributed by atoms with Gasteiger partial charge in [-0.1, -0.05) is 23.4 Å². The Morgan fingerprint density at radius 3 is 3.19 bits per heavy atom. The summed E-state index contributed by atoms with van der Waals surface area (Å²) in [5.41, 5.74) is 1.99. The SMILES string of the molecule is COc1ccccc1CNC(=O)CN1CC[C@H]2[C@H](C1)OCc1cnnn12. The number of nitrogens with one attached hydrogen (secondary N) is 1. The number of aromatic nitrogens is 3. The fourth-order valence-electron chi connectivity index (χ4n) is 3.70. The molecule has 0 aliphatic carbocycles. The van der Waals surface area contributed by atoms with E-state index in [4.69, 9.17) is 9.47 Å². The van der Waals surface area contributed by atoms with Gasteiger partial charge in [-0.05, 0) is 12.5 Å². The van der Waals surface area contributed by atoms with E-state index in [9.17, 15) is 4.79 Å². The van der Waals surface area contributed by atoms with Gasteiger partial charge in [0.1, 0.15) is 5.75 Å². The average molecular weight is 357 g/mol. The molecule has 2 aliphatic heterocycles. The Hall–Kier alpha value is -2.45. The van der Waals surface area contributed by atoms with E-state index in [1.165, 1.54) is 0 Å². The van der Waals surface area contributed by atoms with Crippen LogP contribution in [0.5, 0.6) is 5.75 Å². The summed E-state index contributed by atoms with van der Waals surface area (Å²) < 4.78 is 13.2. The molecule has 1 saturated heterocycles. The number of carbonyl (C=O) groups excluding carboxylic acids is 1. The van der Waals surface area contributed by atoms with Crippen LogP contribution in [0.15, 0.2) is 30.5 Å². The van der Waals surface area contributed by atoms with Crippen molar-refractivity contribution >= 4 is 5.91 Å². The van der Waals surface area contributed by atoms with E-state index in [-0.39, 0.29) is 18.1 Å². The number of rotatable bonds is 5. The van der Waals surface area contributed by atoms with Crippen LogP contribution in [0.2, 0.25) is 0 Å². The third kappa shape index (κ3) is 3.42. The predicted octanol–water partition coefficient (Wildman–Crippen LogP) is 0.749. The van der Waals surface area contributed by atoms with Crippen molar-refractivity contribution in [1.82, 2.24) is 25.2 Å². The molecule has 1 N–H and O–H groups in total. The van der Waals surface area contributed by atoms with Crippen molar-refractivity contribution in [2.45, 2.75) is 31.7 Å². The zero-order valence-corrected chi connectivity index (χ0v) is 14.8. The zero-order chi connectivity index (χ0) is 17.9. The molecule has 0 saturated carbocycles. The van der Waals surface area contributed by atoms with E-state index in [0.717, 1.165) is 36.5 Å². The zero-order valence-electron chi connectivity index (χ0n) is 14.8. The van der Waals surface area contributed by atoms with Crippen LogP contribution < -0.4 is 10.1 Å². The van der Waals surface area contributed by atoms with Crippen LogP contribution in [0, 0.1) is 0 Å². The fraction of sp³-hybridized carbons (Fsp3) is 0.500. The van der Waals surface area contributed by atoms with Gasteiger partial charge in [-0.15, -0.1) is 5.10 Å². The maximum Gasteiger partial charge on any atom is 0.234 e. The number of carbonyl (C=O) groups is 1. The molecular weight excluding hydrogens is 334 g/mol. The molecule has 1 fully saturated rings. The number of ether oxygens (including phenoxy) is 2. The van der Waals surface area contributed by atoms with E-state index < -0.39 is 0 Å². The summed E-state index contributed by atoms with van der Waals surface area (Å²) in [7, 11) is 1.63. The van der Waals surface area contributed by atoms with Gasteiger partial charge in [-0.25, -0.2) is 4.68 Å². The summed E-state index contributed by atoms with van der Waals surface area (Å²) in [5.74, 6) is 0.791. The lowest BCUT2D eigenvalue weighted by Gasteiger charge is -2.40. The second kappa shape index (κ2) is 7.43. The Bertz CT molecular complexity index is 778. The number of benzene rings is 1. The molecule has 2 aliphatic rings. The Morgan fingerprint density at radius 2 is 2.31 bits per heavy atom. The van der Waals surface area contributed by atoms with E-state index in [1.54, 1.807) is 13.3 Å². The summed E-state index contributed by atoms with van der Waals surface area (Å²) in [6, 6.07) is 7.92. The van der Waals surface area contributed by atoms with Crippen molar-refractivity contribution in [1.29, 1.82) is 0 Å². The van der Waals surface area contributed by atoms with E-state index >= 15 is 0 Å². The molecular formula is C18H23N5O3. The number of nitrogens with zero attached hydrogens (tertiary/aromatic N) is 4. The molecule has 0 radical (unpaired) electrons. The Balaban J connectivity index is 1.29. The molecule has 0 unspecified atom stereocenters. The summed E-state index contributed by atoms with van der Waals surface area (Å²) in [5, 5.41) is 11.1. The minimum absolute atomic E-state index is 0.00612. The first-order valence-electron chi connectivity index (χ1n) is 8.86. The van der Waals surface area contributed by atoms with Crippen molar-refractivity contribution < 1.29 is 14.3 Å². The molecule has 2 aromatic rings. The first-order chi connectivity index (χ1) is 12.7. The van der Waals surface area contributed by atoms with Crippen LogP contribution in [0.3, 0.4) is 0 Å². The molecule has 26 heavy (non-hydrogen) atoms. The smallest absolute Gasteiger partial charge is 0.234 e. The molecule has 2 atom stereocenters. The van der Waals surface area contributed by atoms with Gasteiger partial charge < -0.3 is 14.8 Å². The molecule has 3 heterocycles. The van der Waals surface area contributed by atoms with Crippen LogP contribution in [0.4, 0.5) is 0 Å². The Morgan fingerprint density at radius 1 is 1.42 bits per heavy atom. The largest absolute Gasteiger partial charge is 0.496 e. The van der Waals surface area contributed by atoms with Crippen molar-refractivity contribution in [2.24, 2.45) is 0 Å². The van der Waals surface area contributed by atoms with Gasteiger partial charge in [-0.3, -0.25) is 9.69 Å². The van der Waals surface area contributed by atoms with Crippen molar-refractivity contribution in [3.05, 3.63) is 41.7 Å². The molecule has 1 aromatic heterocycles. The molecule has 138 valence electrons. The Labute approximate surface area is 152 Å². The summed E-state index contributed by atoms with van der Waals surface area (Å²) in [6.45, 7) is 2.92. The van der Waals surface area contributed by atoms with E-state index in [1.807, 2.05) is 28.9 Å². The Kier molecular flexibility index (Phi) is 4.85. The first kappa shape index (κ1) is 17.0. The van der Waals surface area contributed by atoms with Gasteiger partial charge in [-0.2, -0.15) is 0 Å². The lowest BCUT2D eigenvalue weighted by atomic mass is 10.0. The molecule has 8 nitrogen and oxygen atoms in total.